The van der Waals surface area contributed by atoms with E-state index in [-0.39, 0.29) is 0 Å². The molecule has 0 amide bonds. The summed E-state index contributed by atoms with van der Waals surface area (Å²) in [7, 11) is 2.20. The van der Waals surface area contributed by atoms with Gasteiger partial charge in [-0.1, -0.05) is 42.5 Å². The lowest BCUT2D eigenvalue weighted by atomic mass is 10.1. The number of rotatable bonds is 7. The van der Waals surface area contributed by atoms with E-state index in [1.807, 2.05) is 12.4 Å². The first-order valence-corrected chi connectivity index (χ1v) is 7.95. The zero-order valence-corrected chi connectivity index (χ0v) is 13.2. The predicted molar refractivity (Wildman–Crippen MR) is 92.0 cm³/mol. The van der Waals surface area contributed by atoms with Gasteiger partial charge in [-0.25, -0.2) is 4.98 Å². The third kappa shape index (κ3) is 3.74. The van der Waals surface area contributed by atoms with Crippen LogP contribution in [0.5, 0.6) is 0 Å². The first kappa shape index (κ1) is 14.8. The zero-order valence-electron chi connectivity index (χ0n) is 13.2. The maximum atomic E-state index is 4.44. The molecular formula is C19H23N3. The molecule has 3 heteroatoms. The molecule has 1 heterocycles. The number of fused-ring (bicyclic) bond motifs is 1. The number of benzene rings is 2. The fourth-order valence-corrected chi connectivity index (χ4v) is 2.78. The van der Waals surface area contributed by atoms with Gasteiger partial charge in [-0.15, -0.1) is 0 Å². The summed E-state index contributed by atoms with van der Waals surface area (Å²) < 4.78 is 2.25. The lowest BCUT2D eigenvalue weighted by Gasteiger charge is -2.16. The molecule has 2 aromatic carbocycles. The van der Waals surface area contributed by atoms with Gasteiger partial charge in [0.15, 0.2) is 0 Å². The Kier molecular flexibility index (Phi) is 4.86. The highest BCUT2D eigenvalue weighted by Crippen LogP contribution is 2.12. The molecule has 0 spiro atoms. The zero-order chi connectivity index (χ0) is 15.2. The summed E-state index contributed by atoms with van der Waals surface area (Å²) in [5.74, 6) is 0. The van der Waals surface area contributed by atoms with E-state index >= 15 is 0 Å². The number of likely N-dealkylation sites (N-methyl/N-ethyl adjacent to an activating group) is 1. The smallest absolute Gasteiger partial charge is 0.0958 e. The Balaban J connectivity index is 1.44. The molecule has 0 atom stereocenters. The van der Waals surface area contributed by atoms with Crippen LogP contribution < -0.4 is 0 Å². The summed E-state index contributed by atoms with van der Waals surface area (Å²) in [5.41, 5.74) is 3.73. The molecule has 0 aliphatic rings. The second kappa shape index (κ2) is 7.23. The van der Waals surface area contributed by atoms with Crippen LogP contribution in [0.2, 0.25) is 0 Å². The van der Waals surface area contributed by atoms with Gasteiger partial charge in [-0.2, -0.15) is 0 Å². The third-order valence-corrected chi connectivity index (χ3v) is 4.09. The van der Waals surface area contributed by atoms with Crippen molar-refractivity contribution in [3.05, 3.63) is 66.5 Å². The predicted octanol–water partition coefficient (Wildman–Crippen LogP) is 3.60. The van der Waals surface area contributed by atoms with Crippen molar-refractivity contribution in [3.8, 4) is 0 Å². The van der Waals surface area contributed by atoms with Crippen molar-refractivity contribution in [1.29, 1.82) is 0 Å². The molecule has 0 aliphatic heterocycles. The quantitative estimate of drug-likeness (QED) is 0.663. The van der Waals surface area contributed by atoms with Crippen molar-refractivity contribution >= 4 is 11.0 Å². The molecular weight excluding hydrogens is 270 g/mol. The summed E-state index contributed by atoms with van der Waals surface area (Å²) in [5, 5.41) is 0. The van der Waals surface area contributed by atoms with Crippen molar-refractivity contribution in [2.75, 3.05) is 20.1 Å². The van der Waals surface area contributed by atoms with Crippen molar-refractivity contribution in [3.63, 3.8) is 0 Å². The molecule has 0 aliphatic carbocycles. The molecule has 0 N–H and O–H groups in total. The van der Waals surface area contributed by atoms with E-state index in [0.717, 1.165) is 38.0 Å². The molecule has 3 nitrogen and oxygen atoms in total. The molecule has 0 fully saturated rings. The van der Waals surface area contributed by atoms with E-state index in [0.29, 0.717) is 0 Å². The fourth-order valence-electron chi connectivity index (χ4n) is 2.78. The van der Waals surface area contributed by atoms with Crippen LogP contribution in [0.3, 0.4) is 0 Å². The highest BCUT2D eigenvalue weighted by atomic mass is 15.1. The van der Waals surface area contributed by atoms with Gasteiger partial charge >= 0.3 is 0 Å². The summed E-state index contributed by atoms with van der Waals surface area (Å²) in [4.78, 5) is 6.85. The standard InChI is InChI=1S/C19H23N3/c1-21(15-12-17-8-3-2-4-9-17)13-7-14-22-16-20-18-10-5-6-11-19(18)22/h2-6,8-11,16H,7,12-15H2,1H3. The molecule has 3 rings (SSSR count). The van der Waals surface area contributed by atoms with Crippen LogP contribution in [-0.2, 0) is 13.0 Å². The lowest BCUT2D eigenvalue weighted by Crippen LogP contribution is -2.23. The fraction of sp³-hybridized carbons (Fsp3) is 0.316. The minimum atomic E-state index is 1.02. The molecule has 3 aromatic rings. The van der Waals surface area contributed by atoms with Crippen LogP contribution in [0.25, 0.3) is 11.0 Å². The average Bonchev–Trinajstić information content (AvgIpc) is 2.97. The molecule has 0 bridgehead atoms. The van der Waals surface area contributed by atoms with Crippen molar-refractivity contribution in [2.24, 2.45) is 0 Å². The summed E-state index contributed by atoms with van der Waals surface area (Å²) in [6.45, 7) is 3.24. The SMILES string of the molecule is CN(CCCn1cnc2ccccc21)CCc1ccccc1. The normalized spacial score (nSPS) is 11.4. The molecule has 22 heavy (non-hydrogen) atoms. The minimum absolute atomic E-state index is 1.02. The Labute approximate surface area is 132 Å². The van der Waals surface area contributed by atoms with E-state index in [1.165, 1.54) is 11.1 Å². The van der Waals surface area contributed by atoms with E-state index in [9.17, 15) is 0 Å². The molecule has 1 aromatic heterocycles. The monoisotopic (exact) mass is 293 g/mol. The van der Waals surface area contributed by atoms with E-state index < -0.39 is 0 Å². The van der Waals surface area contributed by atoms with Crippen LogP contribution in [0.1, 0.15) is 12.0 Å². The highest BCUT2D eigenvalue weighted by Gasteiger charge is 2.03. The minimum Gasteiger partial charge on any atom is -0.331 e. The number of imidazole rings is 1. The Morgan fingerprint density at radius 1 is 0.955 bits per heavy atom. The van der Waals surface area contributed by atoms with Crippen LogP contribution in [-0.4, -0.2) is 34.6 Å². The molecule has 114 valence electrons. The Bertz CT molecular complexity index is 703. The third-order valence-electron chi connectivity index (χ3n) is 4.09. The number of hydrogen-bond donors (Lipinski definition) is 0. The average molecular weight is 293 g/mol. The van der Waals surface area contributed by atoms with Crippen LogP contribution in [0.15, 0.2) is 60.9 Å². The molecule has 0 saturated carbocycles. The first-order valence-electron chi connectivity index (χ1n) is 7.95. The van der Waals surface area contributed by atoms with Crippen LogP contribution in [0.4, 0.5) is 0 Å². The highest BCUT2D eigenvalue weighted by molar-refractivity contribution is 5.74. The molecule has 0 radical (unpaired) electrons. The maximum Gasteiger partial charge on any atom is 0.0958 e. The van der Waals surface area contributed by atoms with E-state index in [4.69, 9.17) is 0 Å². The van der Waals surface area contributed by atoms with Gasteiger partial charge in [0.2, 0.25) is 0 Å². The van der Waals surface area contributed by atoms with Crippen LogP contribution >= 0.6 is 0 Å². The van der Waals surface area contributed by atoms with Gasteiger partial charge in [-0.3, -0.25) is 0 Å². The Morgan fingerprint density at radius 3 is 2.59 bits per heavy atom. The number of hydrogen-bond acceptors (Lipinski definition) is 2. The van der Waals surface area contributed by atoms with Gasteiger partial charge in [-0.05, 0) is 44.1 Å². The maximum absolute atomic E-state index is 4.44. The van der Waals surface area contributed by atoms with Crippen molar-refractivity contribution in [2.45, 2.75) is 19.4 Å². The molecule has 0 unspecified atom stereocenters. The van der Waals surface area contributed by atoms with Gasteiger partial charge in [0.25, 0.3) is 0 Å². The van der Waals surface area contributed by atoms with Crippen molar-refractivity contribution < 1.29 is 0 Å². The summed E-state index contributed by atoms with van der Waals surface area (Å²) in [6, 6.07) is 19.0. The van der Waals surface area contributed by atoms with Gasteiger partial charge in [0, 0.05) is 13.1 Å². The second-order valence-electron chi connectivity index (χ2n) is 5.82. The molecule has 0 saturated heterocycles. The first-order chi connectivity index (χ1) is 10.8. The Hall–Kier alpha value is -2.13. The topological polar surface area (TPSA) is 21.1 Å². The summed E-state index contributed by atoms with van der Waals surface area (Å²) in [6.07, 6.45) is 4.21. The number of aryl methyl sites for hydroxylation is 1. The van der Waals surface area contributed by atoms with E-state index in [2.05, 4.69) is 70.0 Å². The number of para-hydroxylation sites is 2. The van der Waals surface area contributed by atoms with E-state index in [1.54, 1.807) is 0 Å². The second-order valence-corrected chi connectivity index (χ2v) is 5.82. The van der Waals surface area contributed by atoms with Gasteiger partial charge < -0.3 is 9.47 Å². The lowest BCUT2D eigenvalue weighted by molar-refractivity contribution is 0.326. The van der Waals surface area contributed by atoms with Crippen LogP contribution in [0, 0.1) is 0 Å². The summed E-state index contributed by atoms with van der Waals surface area (Å²) >= 11 is 0. The largest absolute Gasteiger partial charge is 0.331 e. The van der Waals surface area contributed by atoms with Gasteiger partial charge in [0.05, 0.1) is 17.4 Å². The van der Waals surface area contributed by atoms with Gasteiger partial charge in [0.1, 0.15) is 0 Å². The number of aromatic nitrogens is 2. The Morgan fingerprint density at radius 2 is 1.73 bits per heavy atom. The number of nitrogens with zero attached hydrogens (tertiary/aromatic N) is 3. The van der Waals surface area contributed by atoms with Crippen molar-refractivity contribution in [1.82, 2.24) is 14.5 Å².